The number of hydrogen-bond donors (Lipinski definition) is 2. The third-order valence-corrected chi connectivity index (χ3v) is 3.73. The van der Waals surface area contributed by atoms with E-state index in [1.54, 1.807) is 0 Å². The van der Waals surface area contributed by atoms with Gasteiger partial charge in [-0.25, -0.2) is 4.98 Å². The van der Waals surface area contributed by atoms with E-state index in [9.17, 15) is 4.79 Å². The minimum Gasteiger partial charge on any atom is -0.349 e. The van der Waals surface area contributed by atoms with Crippen molar-refractivity contribution in [1.29, 1.82) is 0 Å². The number of carbonyl (C=O) groups excluding carboxylic acids is 1. The second-order valence-electron chi connectivity index (χ2n) is 5.16. The normalized spacial score (nSPS) is 20.0. The summed E-state index contributed by atoms with van der Waals surface area (Å²) in [6.07, 6.45) is 7.41. The van der Waals surface area contributed by atoms with E-state index in [2.05, 4.69) is 20.5 Å². The molecule has 1 heterocycles. The number of H-pyrrole nitrogens is 1. The molecule has 0 spiro atoms. The number of rotatable bonds is 5. The molecule has 2 aliphatic carbocycles. The Bertz CT molecular complexity index is 406. The first-order valence-corrected chi connectivity index (χ1v) is 6.53. The fourth-order valence-corrected chi connectivity index (χ4v) is 2.17. The zero-order valence-electron chi connectivity index (χ0n) is 9.91. The van der Waals surface area contributed by atoms with Crippen LogP contribution in [0.3, 0.4) is 0 Å². The van der Waals surface area contributed by atoms with Gasteiger partial charge in [0.05, 0.1) is 0 Å². The van der Waals surface area contributed by atoms with Crippen LogP contribution in [0.25, 0.3) is 0 Å². The zero-order chi connectivity index (χ0) is 11.7. The number of nitrogens with one attached hydrogen (secondary N) is 2. The Balaban J connectivity index is 1.46. The molecule has 0 bridgehead atoms. The van der Waals surface area contributed by atoms with Gasteiger partial charge in [0.1, 0.15) is 5.82 Å². The first kappa shape index (κ1) is 10.7. The Hall–Kier alpha value is -1.39. The van der Waals surface area contributed by atoms with Gasteiger partial charge in [0.25, 0.3) is 5.91 Å². The summed E-state index contributed by atoms with van der Waals surface area (Å²) in [5, 5.41) is 9.70. The smallest absolute Gasteiger partial charge is 0.290 e. The van der Waals surface area contributed by atoms with Crippen LogP contribution in [-0.2, 0) is 0 Å². The van der Waals surface area contributed by atoms with E-state index in [0.29, 0.717) is 11.7 Å². The van der Waals surface area contributed by atoms with Crippen molar-refractivity contribution in [2.45, 2.75) is 44.4 Å². The number of amides is 1. The van der Waals surface area contributed by atoms with Gasteiger partial charge in [-0.05, 0) is 25.2 Å². The molecule has 0 aliphatic heterocycles. The molecule has 1 aromatic rings. The van der Waals surface area contributed by atoms with Crippen molar-refractivity contribution in [3.63, 3.8) is 0 Å². The summed E-state index contributed by atoms with van der Waals surface area (Å²) < 4.78 is 0. The molecule has 2 fully saturated rings. The van der Waals surface area contributed by atoms with Crippen LogP contribution < -0.4 is 5.32 Å². The zero-order valence-corrected chi connectivity index (χ0v) is 9.91. The van der Waals surface area contributed by atoms with E-state index >= 15 is 0 Å². The largest absolute Gasteiger partial charge is 0.349 e. The van der Waals surface area contributed by atoms with Crippen molar-refractivity contribution in [3.05, 3.63) is 11.6 Å². The quantitative estimate of drug-likeness (QED) is 0.813. The SMILES string of the molecule is O=C(NCCC1CCC1)c1n[nH]c(C2CC2)n1. The highest BCUT2D eigenvalue weighted by Crippen LogP contribution is 2.37. The molecular formula is C12H18N4O. The Morgan fingerprint density at radius 1 is 1.35 bits per heavy atom. The molecule has 5 nitrogen and oxygen atoms in total. The molecule has 92 valence electrons. The monoisotopic (exact) mass is 234 g/mol. The molecule has 17 heavy (non-hydrogen) atoms. The topological polar surface area (TPSA) is 70.7 Å². The summed E-state index contributed by atoms with van der Waals surface area (Å²) in [4.78, 5) is 16.0. The molecule has 0 atom stereocenters. The summed E-state index contributed by atoms with van der Waals surface area (Å²) in [6, 6.07) is 0. The van der Waals surface area contributed by atoms with Crippen LogP contribution in [0.1, 0.15) is 60.9 Å². The van der Waals surface area contributed by atoms with Crippen molar-refractivity contribution in [1.82, 2.24) is 20.5 Å². The average molecular weight is 234 g/mol. The Kier molecular flexibility index (Phi) is 2.82. The van der Waals surface area contributed by atoms with Gasteiger partial charge in [-0.15, -0.1) is 5.10 Å². The lowest BCUT2D eigenvalue weighted by atomic mass is 9.83. The third-order valence-electron chi connectivity index (χ3n) is 3.73. The van der Waals surface area contributed by atoms with E-state index in [4.69, 9.17) is 0 Å². The van der Waals surface area contributed by atoms with Crippen molar-refractivity contribution in [3.8, 4) is 0 Å². The molecule has 1 amide bonds. The van der Waals surface area contributed by atoms with Crippen LogP contribution in [0.4, 0.5) is 0 Å². The summed E-state index contributed by atoms with van der Waals surface area (Å²) in [6.45, 7) is 0.747. The second-order valence-corrected chi connectivity index (χ2v) is 5.16. The number of aromatic nitrogens is 3. The maximum Gasteiger partial charge on any atom is 0.290 e. The maximum atomic E-state index is 11.7. The van der Waals surface area contributed by atoms with Crippen LogP contribution in [0, 0.1) is 5.92 Å². The minimum absolute atomic E-state index is 0.146. The molecule has 5 heteroatoms. The second kappa shape index (κ2) is 4.47. The van der Waals surface area contributed by atoms with E-state index in [-0.39, 0.29) is 5.91 Å². The van der Waals surface area contributed by atoms with E-state index in [1.807, 2.05) is 0 Å². The van der Waals surface area contributed by atoms with Gasteiger partial charge in [-0.3, -0.25) is 9.89 Å². The Labute approximate surface area is 100 Å². The number of nitrogens with zero attached hydrogens (tertiary/aromatic N) is 2. The molecule has 0 radical (unpaired) electrons. The standard InChI is InChI=1S/C12H18N4O/c17-12(13-7-6-8-2-1-3-8)11-14-10(15-16-11)9-4-5-9/h8-9H,1-7H2,(H,13,17)(H,14,15,16). The molecule has 0 saturated heterocycles. The molecule has 0 unspecified atom stereocenters. The van der Waals surface area contributed by atoms with Crippen molar-refractivity contribution in [2.24, 2.45) is 5.92 Å². The fraction of sp³-hybridized carbons (Fsp3) is 0.750. The summed E-state index contributed by atoms with van der Waals surface area (Å²) in [5.74, 6) is 2.35. The fourth-order valence-electron chi connectivity index (χ4n) is 2.17. The molecular weight excluding hydrogens is 216 g/mol. The number of hydrogen-bond acceptors (Lipinski definition) is 3. The summed E-state index contributed by atoms with van der Waals surface area (Å²) in [7, 11) is 0. The lowest BCUT2D eigenvalue weighted by Crippen LogP contribution is -2.28. The number of aromatic amines is 1. The van der Waals surface area contributed by atoms with Gasteiger partial charge in [-0.2, -0.15) is 0 Å². The van der Waals surface area contributed by atoms with Crippen molar-refractivity contribution in [2.75, 3.05) is 6.54 Å². The molecule has 2 aliphatic rings. The highest BCUT2D eigenvalue weighted by molar-refractivity contribution is 5.90. The minimum atomic E-state index is -0.146. The van der Waals surface area contributed by atoms with Gasteiger partial charge in [0.2, 0.25) is 5.82 Å². The molecule has 0 aromatic carbocycles. The summed E-state index contributed by atoms with van der Waals surface area (Å²) >= 11 is 0. The lowest BCUT2D eigenvalue weighted by Gasteiger charge is -2.24. The highest BCUT2D eigenvalue weighted by Gasteiger charge is 2.28. The predicted molar refractivity (Wildman–Crippen MR) is 62.6 cm³/mol. The van der Waals surface area contributed by atoms with Gasteiger partial charge in [-0.1, -0.05) is 19.3 Å². The van der Waals surface area contributed by atoms with Crippen LogP contribution in [0.15, 0.2) is 0 Å². The molecule has 3 rings (SSSR count). The van der Waals surface area contributed by atoms with Crippen LogP contribution in [0.2, 0.25) is 0 Å². The van der Waals surface area contributed by atoms with E-state index in [0.717, 1.165) is 37.5 Å². The van der Waals surface area contributed by atoms with E-state index < -0.39 is 0 Å². The molecule has 1 aromatic heterocycles. The van der Waals surface area contributed by atoms with Gasteiger partial charge >= 0.3 is 0 Å². The first-order valence-electron chi connectivity index (χ1n) is 6.53. The van der Waals surface area contributed by atoms with Gasteiger partial charge in [0.15, 0.2) is 0 Å². The Morgan fingerprint density at radius 2 is 2.18 bits per heavy atom. The number of carbonyl (C=O) groups is 1. The van der Waals surface area contributed by atoms with Gasteiger partial charge < -0.3 is 5.32 Å². The van der Waals surface area contributed by atoms with Gasteiger partial charge in [0, 0.05) is 12.5 Å². The lowest BCUT2D eigenvalue weighted by molar-refractivity contribution is 0.0939. The Morgan fingerprint density at radius 3 is 2.82 bits per heavy atom. The molecule has 2 N–H and O–H groups in total. The van der Waals surface area contributed by atoms with Crippen LogP contribution >= 0.6 is 0 Å². The van der Waals surface area contributed by atoms with E-state index in [1.165, 1.54) is 19.3 Å². The predicted octanol–water partition coefficient (Wildman–Crippen LogP) is 1.60. The first-order chi connectivity index (χ1) is 8.33. The van der Waals surface area contributed by atoms with Crippen molar-refractivity contribution < 1.29 is 4.79 Å². The summed E-state index contributed by atoms with van der Waals surface area (Å²) in [5.41, 5.74) is 0. The average Bonchev–Trinajstić information content (AvgIpc) is 3.00. The van der Waals surface area contributed by atoms with Crippen LogP contribution in [0.5, 0.6) is 0 Å². The molecule has 2 saturated carbocycles. The van der Waals surface area contributed by atoms with Crippen molar-refractivity contribution >= 4 is 5.91 Å². The van der Waals surface area contributed by atoms with Crippen LogP contribution in [-0.4, -0.2) is 27.6 Å². The maximum absolute atomic E-state index is 11.7. The third kappa shape index (κ3) is 2.48. The highest BCUT2D eigenvalue weighted by atomic mass is 16.2.